The molecular formula is C15H23N3O2. The molecule has 0 aromatic carbocycles. The van der Waals surface area contributed by atoms with E-state index < -0.39 is 5.60 Å². The average Bonchev–Trinajstić information content (AvgIpc) is 2.79. The van der Waals surface area contributed by atoms with E-state index in [-0.39, 0.29) is 6.09 Å². The predicted octanol–water partition coefficient (Wildman–Crippen LogP) is 2.58. The van der Waals surface area contributed by atoms with Gasteiger partial charge in [0.05, 0.1) is 11.4 Å². The van der Waals surface area contributed by atoms with Gasteiger partial charge in [-0.05, 0) is 46.5 Å². The molecule has 1 saturated heterocycles. The van der Waals surface area contributed by atoms with Gasteiger partial charge >= 0.3 is 6.09 Å². The first-order valence-electron chi connectivity index (χ1n) is 7.09. The lowest BCUT2D eigenvalue weighted by atomic mass is 10.0. The molecule has 5 nitrogen and oxygen atoms in total. The van der Waals surface area contributed by atoms with Crippen LogP contribution in [-0.4, -0.2) is 39.7 Å². The number of carbonyl (C=O) groups is 1. The first-order chi connectivity index (χ1) is 9.33. The number of aromatic nitrogens is 2. The van der Waals surface area contributed by atoms with Crippen molar-refractivity contribution in [2.24, 2.45) is 5.92 Å². The van der Waals surface area contributed by atoms with Gasteiger partial charge in [0, 0.05) is 25.5 Å². The zero-order chi connectivity index (χ0) is 14.8. The van der Waals surface area contributed by atoms with Crippen molar-refractivity contribution >= 4 is 6.09 Å². The molecule has 0 aliphatic carbocycles. The summed E-state index contributed by atoms with van der Waals surface area (Å²) in [5.41, 5.74) is 1.49. The van der Waals surface area contributed by atoms with Crippen molar-refractivity contribution < 1.29 is 9.53 Å². The summed E-state index contributed by atoms with van der Waals surface area (Å²) < 4.78 is 5.39. The second kappa shape index (κ2) is 5.77. The minimum Gasteiger partial charge on any atom is -0.444 e. The Morgan fingerprint density at radius 1 is 1.40 bits per heavy atom. The van der Waals surface area contributed by atoms with Crippen LogP contribution in [0.3, 0.4) is 0 Å². The fourth-order valence-electron chi connectivity index (χ4n) is 2.31. The summed E-state index contributed by atoms with van der Waals surface area (Å²) in [6, 6.07) is 0. The summed E-state index contributed by atoms with van der Waals surface area (Å²) in [5, 5.41) is 0. The van der Waals surface area contributed by atoms with E-state index in [9.17, 15) is 4.79 Å². The van der Waals surface area contributed by atoms with Gasteiger partial charge in [0.25, 0.3) is 0 Å². The lowest BCUT2D eigenvalue weighted by Gasteiger charge is -2.24. The van der Waals surface area contributed by atoms with Crippen LogP contribution in [0.25, 0.3) is 0 Å². The molecule has 5 heteroatoms. The molecule has 1 fully saturated rings. The van der Waals surface area contributed by atoms with Crippen LogP contribution in [0.5, 0.6) is 0 Å². The fourth-order valence-corrected chi connectivity index (χ4v) is 2.31. The molecule has 1 aromatic rings. The third kappa shape index (κ3) is 4.18. The van der Waals surface area contributed by atoms with Crippen molar-refractivity contribution in [3.8, 4) is 0 Å². The Morgan fingerprint density at radius 3 is 2.75 bits per heavy atom. The quantitative estimate of drug-likeness (QED) is 0.833. The lowest BCUT2D eigenvalue weighted by molar-refractivity contribution is 0.0288. The predicted molar refractivity (Wildman–Crippen MR) is 76.4 cm³/mol. The maximum Gasteiger partial charge on any atom is 0.410 e. The molecule has 0 spiro atoms. The van der Waals surface area contributed by atoms with Gasteiger partial charge in [-0.25, -0.2) is 4.79 Å². The first-order valence-corrected chi connectivity index (χ1v) is 7.09. The van der Waals surface area contributed by atoms with E-state index in [1.54, 1.807) is 11.1 Å². The minimum absolute atomic E-state index is 0.213. The molecule has 1 aliphatic heterocycles. The van der Waals surface area contributed by atoms with Crippen molar-refractivity contribution in [1.29, 1.82) is 0 Å². The smallest absolute Gasteiger partial charge is 0.410 e. The minimum atomic E-state index is -0.433. The number of nitrogens with zero attached hydrogens (tertiary/aromatic N) is 3. The summed E-state index contributed by atoms with van der Waals surface area (Å²) in [5.74, 6) is 0.444. The van der Waals surface area contributed by atoms with Crippen molar-refractivity contribution in [2.45, 2.75) is 46.1 Å². The number of rotatable bonds is 2. The van der Waals surface area contributed by atoms with Crippen LogP contribution in [0.1, 0.15) is 38.6 Å². The molecule has 1 amide bonds. The lowest BCUT2D eigenvalue weighted by Crippen LogP contribution is -2.35. The van der Waals surface area contributed by atoms with Crippen molar-refractivity contribution in [1.82, 2.24) is 14.9 Å². The number of aryl methyl sites for hydroxylation is 1. The van der Waals surface area contributed by atoms with Gasteiger partial charge < -0.3 is 9.64 Å². The van der Waals surface area contributed by atoms with E-state index in [4.69, 9.17) is 4.74 Å². The third-order valence-electron chi connectivity index (χ3n) is 3.27. The molecule has 20 heavy (non-hydrogen) atoms. The Labute approximate surface area is 120 Å². The zero-order valence-electron chi connectivity index (χ0n) is 12.7. The maximum atomic E-state index is 12.0. The molecule has 2 heterocycles. The second-order valence-corrected chi connectivity index (χ2v) is 6.43. The van der Waals surface area contributed by atoms with Crippen molar-refractivity contribution in [3.63, 3.8) is 0 Å². The van der Waals surface area contributed by atoms with E-state index >= 15 is 0 Å². The standard InChI is InChI=1S/C15H23N3O2/c1-11-8-17-13(9-16-11)7-12-5-6-18(10-12)14(19)20-15(2,3)4/h8-9,12H,5-7,10H2,1-4H3/t12-/m0/s1. The van der Waals surface area contributed by atoms with Crippen LogP contribution >= 0.6 is 0 Å². The highest BCUT2D eigenvalue weighted by molar-refractivity contribution is 5.68. The van der Waals surface area contributed by atoms with Gasteiger partial charge in [-0.2, -0.15) is 0 Å². The number of hydrogen-bond donors (Lipinski definition) is 0. The summed E-state index contributed by atoms with van der Waals surface area (Å²) in [4.78, 5) is 22.4. The first kappa shape index (κ1) is 14.8. The van der Waals surface area contributed by atoms with Crippen LogP contribution < -0.4 is 0 Å². The van der Waals surface area contributed by atoms with Gasteiger partial charge in [0.1, 0.15) is 5.60 Å². The molecule has 0 bridgehead atoms. The van der Waals surface area contributed by atoms with E-state index in [1.165, 1.54) is 0 Å². The van der Waals surface area contributed by atoms with Gasteiger partial charge in [0.2, 0.25) is 0 Å². The van der Waals surface area contributed by atoms with Gasteiger partial charge in [-0.1, -0.05) is 0 Å². The molecule has 2 rings (SSSR count). The molecule has 0 N–H and O–H groups in total. The molecule has 0 saturated carbocycles. The normalized spacial score (nSPS) is 19.2. The SMILES string of the molecule is Cc1cnc(C[C@@H]2CCN(C(=O)OC(C)(C)C)C2)cn1. The number of carbonyl (C=O) groups excluding carboxylic acids is 1. The molecule has 1 aliphatic rings. The topological polar surface area (TPSA) is 55.3 Å². The summed E-state index contributed by atoms with van der Waals surface area (Å²) in [7, 11) is 0. The highest BCUT2D eigenvalue weighted by Crippen LogP contribution is 2.22. The average molecular weight is 277 g/mol. The largest absolute Gasteiger partial charge is 0.444 e. The van der Waals surface area contributed by atoms with Crippen LogP contribution in [0.15, 0.2) is 12.4 Å². The van der Waals surface area contributed by atoms with E-state index in [2.05, 4.69) is 9.97 Å². The third-order valence-corrected chi connectivity index (χ3v) is 3.27. The maximum absolute atomic E-state index is 12.0. The van der Waals surface area contributed by atoms with Crippen molar-refractivity contribution in [3.05, 3.63) is 23.8 Å². The van der Waals surface area contributed by atoms with Gasteiger partial charge in [-0.3, -0.25) is 9.97 Å². The molecule has 1 aromatic heterocycles. The van der Waals surface area contributed by atoms with Crippen LogP contribution in [-0.2, 0) is 11.2 Å². The number of likely N-dealkylation sites (tertiary alicyclic amines) is 1. The Kier molecular flexibility index (Phi) is 4.26. The second-order valence-electron chi connectivity index (χ2n) is 6.43. The Morgan fingerprint density at radius 2 is 2.15 bits per heavy atom. The molecule has 1 atom stereocenters. The Bertz CT molecular complexity index is 465. The van der Waals surface area contributed by atoms with E-state index in [0.29, 0.717) is 5.92 Å². The van der Waals surface area contributed by atoms with Gasteiger partial charge in [0.15, 0.2) is 0 Å². The van der Waals surface area contributed by atoms with E-state index in [0.717, 1.165) is 37.3 Å². The zero-order valence-corrected chi connectivity index (χ0v) is 12.7. The number of amides is 1. The Balaban J connectivity index is 1.86. The number of hydrogen-bond acceptors (Lipinski definition) is 4. The Hall–Kier alpha value is -1.65. The van der Waals surface area contributed by atoms with E-state index in [1.807, 2.05) is 33.9 Å². The highest BCUT2D eigenvalue weighted by atomic mass is 16.6. The molecule has 110 valence electrons. The molecule has 0 unspecified atom stereocenters. The monoisotopic (exact) mass is 277 g/mol. The van der Waals surface area contributed by atoms with Crippen LogP contribution in [0.4, 0.5) is 4.79 Å². The summed E-state index contributed by atoms with van der Waals surface area (Å²) in [6.07, 6.45) is 5.26. The summed E-state index contributed by atoms with van der Waals surface area (Å²) in [6.45, 7) is 9.10. The highest BCUT2D eigenvalue weighted by Gasteiger charge is 2.29. The number of ether oxygens (including phenoxy) is 1. The summed E-state index contributed by atoms with van der Waals surface area (Å²) >= 11 is 0. The van der Waals surface area contributed by atoms with Crippen LogP contribution in [0, 0.1) is 12.8 Å². The van der Waals surface area contributed by atoms with Crippen LogP contribution in [0.2, 0.25) is 0 Å². The fraction of sp³-hybridized carbons (Fsp3) is 0.667. The molecule has 0 radical (unpaired) electrons. The van der Waals surface area contributed by atoms with Crippen molar-refractivity contribution in [2.75, 3.05) is 13.1 Å². The molecular weight excluding hydrogens is 254 g/mol. The van der Waals surface area contributed by atoms with Gasteiger partial charge in [-0.15, -0.1) is 0 Å².